The van der Waals surface area contributed by atoms with Crippen LogP contribution in [0, 0.1) is 17.8 Å². The molecule has 2 saturated carbocycles. The van der Waals surface area contributed by atoms with Gasteiger partial charge in [0.05, 0.1) is 0 Å². The molecule has 110 valence electrons. The predicted molar refractivity (Wildman–Crippen MR) is 81.3 cm³/mol. The van der Waals surface area contributed by atoms with Crippen molar-refractivity contribution in [3.05, 3.63) is 0 Å². The van der Waals surface area contributed by atoms with E-state index >= 15 is 0 Å². The van der Waals surface area contributed by atoms with Crippen LogP contribution in [-0.4, -0.2) is 36.1 Å². The summed E-state index contributed by atoms with van der Waals surface area (Å²) >= 11 is 0. The number of piperidine rings is 1. The highest BCUT2D eigenvalue weighted by Gasteiger charge is 2.39. The minimum atomic E-state index is 0.765. The Labute approximate surface area is 119 Å². The maximum absolute atomic E-state index is 3.90. The number of nitrogens with zero attached hydrogens (tertiary/aromatic N) is 1. The van der Waals surface area contributed by atoms with E-state index in [1.165, 1.54) is 51.6 Å². The second kappa shape index (κ2) is 5.73. The van der Waals surface area contributed by atoms with Crippen LogP contribution in [0.5, 0.6) is 0 Å². The van der Waals surface area contributed by atoms with Gasteiger partial charge in [-0.25, -0.2) is 0 Å². The summed E-state index contributed by atoms with van der Waals surface area (Å²) in [7, 11) is 0. The topological polar surface area (TPSA) is 15.3 Å². The lowest BCUT2D eigenvalue weighted by molar-refractivity contribution is 0.0666. The number of rotatable bonds is 6. The van der Waals surface area contributed by atoms with E-state index in [1.54, 1.807) is 0 Å². The molecule has 0 aromatic heterocycles. The van der Waals surface area contributed by atoms with Crippen LogP contribution in [-0.2, 0) is 0 Å². The molecule has 0 amide bonds. The van der Waals surface area contributed by atoms with Crippen LogP contribution >= 0.6 is 0 Å². The monoisotopic (exact) mass is 264 g/mol. The van der Waals surface area contributed by atoms with E-state index in [0.717, 1.165) is 35.9 Å². The Morgan fingerprint density at radius 3 is 2.26 bits per heavy atom. The highest BCUT2D eigenvalue weighted by Crippen LogP contribution is 2.39. The van der Waals surface area contributed by atoms with Crippen molar-refractivity contribution in [3.8, 4) is 0 Å². The normalized spacial score (nSPS) is 34.7. The Bertz CT molecular complexity index is 294. The molecule has 2 heteroatoms. The largest absolute Gasteiger partial charge is 0.310 e. The molecule has 19 heavy (non-hydrogen) atoms. The van der Waals surface area contributed by atoms with Gasteiger partial charge >= 0.3 is 0 Å². The first-order valence-corrected chi connectivity index (χ1v) is 8.67. The highest BCUT2D eigenvalue weighted by atomic mass is 15.2. The van der Waals surface area contributed by atoms with Gasteiger partial charge in [0.2, 0.25) is 0 Å². The van der Waals surface area contributed by atoms with Crippen molar-refractivity contribution >= 4 is 0 Å². The molecule has 0 radical (unpaired) electrons. The molecule has 0 aromatic carbocycles. The Morgan fingerprint density at radius 1 is 1.00 bits per heavy atom. The summed E-state index contributed by atoms with van der Waals surface area (Å²) in [5.41, 5.74) is 0. The molecule has 1 saturated heterocycles. The molecule has 1 N–H and O–H groups in total. The maximum Gasteiger partial charge on any atom is 0.0200 e. The molecule has 3 unspecified atom stereocenters. The van der Waals surface area contributed by atoms with Crippen molar-refractivity contribution in [2.75, 3.05) is 13.1 Å². The van der Waals surface area contributed by atoms with Crippen molar-refractivity contribution in [2.45, 2.75) is 77.4 Å². The van der Waals surface area contributed by atoms with E-state index in [-0.39, 0.29) is 0 Å². The van der Waals surface area contributed by atoms with Gasteiger partial charge in [0, 0.05) is 31.2 Å². The number of hydrogen-bond acceptors (Lipinski definition) is 2. The molecule has 3 fully saturated rings. The minimum absolute atomic E-state index is 0.765. The van der Waals surface area contributed by atoms with Crippen LogP contribution in [0.4, 0.5) is 0 Å². The summed E-state index contributed by atoms with van der Waals surface area (Å²) in [4.78, 5) is 2.85. The summed E-state index contributed by atoms with van der Waals surface area (Å²) in [6, 6.07) is 2.50. The van der Waals surface area contributed by atoms with Gasteiger partial charge in [0.15, 0.2) is 0 Å². The van der Waals surface area contributed by atoms with Gasteiger partial charge in [0.25, 0.3) is 0 Å². The lowest BCUT2D eigenvalue weighted by atomic mass is 9.84. The smallest absolute Gasteiger partial charge is 0.0200 e. The fourth-order valence-corrected chi connectivity index (χ4v) is 4.00. The fourth-order valence-electron chi connectivity index (χ4n) is 4.00. The molecule has 3 aliphatic rings. The molecular weight excluding hydrogens is 232 g/mol. The minimum Gasteiger partial charge on any atom is -0.310 e. The van der Waals surface area contributed by atoms with Gasteiger partial charge in [-0.15, -0.1) is 0 Å². The van der Waals surface area contributed by atoms with Crippen LogP contribution in [0.3, 0.4) is 0 Å². The second-order valence-electron chi connectivity index (χ2n) is 7.64. The average molecular weight is 264 g/mol. The first kappa shape index (κ1) is 13.9. The van der Waals surface area contributed by atoms with Gasteiger partial charge in [-0.05, 0) is 56.3 Å². The third kappa shape index (κ3) is 3.52. The molecule has 1 heterocycles. The molecule has 0 aromatic rings. The Morgan fingerprint density at radius 2 is 1.74 bits per heavy atom. The van der Waals surface area contributed by atoms with E-state index in [4.69, 9.17) is 0 Å². The predicted octanol–water partition coefficient (Wildman–Crippen LogP) is 3.27. The molecule has 2 nitrogen and oxygen atoms in total. The third-order valence-corrected chi connectivity index (χ3v) is 5.56. The van der Waals surface area contributed by atoms with E-state index in [9.17, 15) is 0 Å². The summed E-state index contributed by atoms with van der Waals surface area (Å²) in [5, 5.41) is 3.90. The summed E-state index contributed by atoms with van der Waals surface area (Å²) in [5.74, 6) is 2.76. The van der Waals surface area contributed by atoms with Gasteiger partial charge in [0.1, 0.15) is 0 Å². The molecule has 0 spiro atoms. The van der Waals surface area contributed by atoms with Crippen LogP contribution in [0.25, 0.3) is 0 Å². The Kier molecular flexibility index (Phi) is 4.19. The van der Waals surface area contributed by atoms with Gasteiger partial charge in [-0.1, -0.05) is 20.8 Å². The molecule has 0 bridgehead atoms. The average Bonchev–Trinajstić information content (AvgIpc) is 3.23. The van der Waals surface area contributed by atoms with E-state index in [1.807, 2.05) is 0 Å². The summed E-state index contributed by atoms with van der Waals surface area (Å²) in [6.07, 6.45) is 8.58. The Hall–Kier alpha value is -0.0800. The van der Waals surface area contributed by atoms with Gasteiger partial charge in [-0.3, -0.25) is 4.90 Å². The fraction of sp³-hybridized carbons (Fsp3) is 1.00. The first-order valence-electron chi connectivity index (χ1n) is 8.67. The number of hydrogen-bond donors (Lipinski definition) is 1. The molecule has 3 rings (SSSR count). The number of likely N-dealkylation sites (tertiary alicyclic amines) is 1. The van der Waals surface area contributed by atoms with E-state index < -0.39 is 0 Å². The van der Waals surface area contributed by atoms with Crippen LogP contribution in [0.1, 0.15) is 59.3 Å². The van der Waals surface area contributed by atoms with Crippen molar-refractivity contribution in [2.24, 2.45) is 17.8 Å². The van der Waals surface area contributed by atoms with Crippen LogP contribution < -0.4 is 5.32 Å². The first-order chi connectivity index (χ1) is 9.17. The van der Waals surface area contributed by atoms with Crippen LogP contribution in [0.2, 0.25) is 0 Å². The van der Waals surface area contributed by atoms with Crippen molar-refractivity contribution < 1.29 is 0 Å². The zero-order chi connectivity index (χ0) is 13.4. The highest BCUT2D eigenvalue weighted by molar-refractivity contribution is 4.95. The van der Waals surface area contributed by atoms with Crippen molar-refractivity contribution in [1.29, 1.82) is 0 Å². The zero-order valence-corrected chi connectivity index (χ0v) is 13.1. The quantitative estimate of drug-likeness (QED) is 0.792. The third-order valence-electron chi connectivity index (χ3n) is 5.56. The van der Waals surface area contributed by atoms with Gasteiger partial charge < -0.3 is 5.32 Å². The zero-order valence-electron chi connectivity index (χ0n) is 13.1. The molecule has 3 atom stereocenters. The van der Waals surface area contributed by atoms with Crippen LogP contribution in [0.15, 0.2) is 0 Å². The number of nitrogens with one attached hydrogen (secondary N) is 1. The SMILES string of the molecule is CCC(C1CC1)N1CC(NC2CC2)CC(C(C)C)C1. The van der Waals surface area contributed by atoms with Gasteiger partial charge in [-0.2, -0.15) is 0 Å². The second-order valence-corrected chi connectivity index (χ2v) is 7.64. The summed E-state index contributed by atoms with van der Waals surface area (Å²) < 4.78 is 0. The van der Waals surface area contributed by atoms with Crippen molar-refractivity contribution in [1.82, 2.24) is 10.2 Å². The van der Waals surface area contributed by atoms with Crippen molar-refractivity contribution in [3.63, 3.8) is 0 Å². The standard InChI is InChI=1S/C17H32N2/c1-4-17(13-5-6-13)19-10-14(12(2)3)9-16(11-19)18-15-7-8-15/h12-18H,4-11H2,1-3H3. The lowest BCUT2D eigenvalue weighted by Gasteiger charge is -2.44. The molecular formula is C17H32N2. The van der Waals surface area contributed by atoms with E-state index in [0.29, 0.717) is 0 Å². The molecule has 1 aliphatic heterocycles. The Balaban J connectivity index is 1.63. The summed E-state index contributed by atoms with van der Waals surface area (Å²) in [6.45, 7) is 9.90. The molecule has 2 aliphatic carbocycles. The lowest BCUT2D eigenvalue weighted by Crippen LogP contribution is -2.54. The van der Waals surface area contributed by atoms with E-state index in [2.05, 4.69) is 31.0 Å². The maximum atomic E-state index is 3.90.